The maximum absolute atomic E-state index is 12.3. The van der Waals surface area contributed by atoms with Crippen LogP contribution in [-0.2, 0) is 66.7 Å². The largest absolute Gasteiger partial charge is 0.394 e. The number of aliphatic hydroxyl groups is 1. The monoisotopic (exact) mass is 771 g/mol. The van der Waals surface area contributed by atoms with Crippen LogP contribution in [0.1, 0.15) is 78.9 Å². The van der Waals surface area contributed by atoms with Crippen molar-refractivity contribution >= 4 is 31.2 Å². The molecule has 0 fully saturated rings. The topological polar surface area (TPSA) is 100 Å². The molecule has 0 saturated heterocycles. The molecule has 0 aromatic heterocycles. The number of allylic oxidation sites excluding steroid dienone is 4. The second kappa shape index (κ2) is 20.8. The first kappa shape index (κ1) is 43.2. The van der Waals surface area contributed by atoms with Crippen molar-refractivity contribution < 1.29 is 65.5 Å². The molecule has 1 unspecified atom stereocenters. The smallest absolute Gasteiger partial charge is 0.319 e. The van der Waals surface area contributed by atoms with Crippen molar-refractivity contribution in [1.82, 2.24) is 5.32 Å². The molecule has 2 aliphatic rings. The zero-order valence-corrected chi connectivity index (χ0v) is 33.1. The third kappa shape index (κ3) is 11.0. The first-order valence-electron chi connectivity index (χ1n) is 16.9. The van der Waals surface area contributed by atoms with Gasteiger partial charge in [-0.1, -0.05) is 63.7 Å². The number of nitrogens with zero attached hydrogens (tertiary/aromatic N) is 2. The Labute approximate surface area is 320 Å². The van der Waals surface area contributed by atoms with Crippen molar-refractivity contribution in [2.24, 2.45) is 0 Å². The molecular formula is C38H57N3O6PY+. The predicted octanol–water partition coefficient (Wildman–Crippen LogP) is 7.06. The van der Waals surface area contributed by atoms with E-state index in [9.17, 15) is 9.36 Å². The minimum atomic E-state index is -2.60. The van der Waals surface area contributed by atoms with Gasteiger partial charge < -0.3 is 29.1 Å². The van der Waals surface area contributed by atoms with Gasteiger partial charge in [0.15, 0.2) is 5.71 Å². The van der Waals surface area contributed by atoms with Gasteiger partial charge in [-0.05, 0) is 51.3 Å². The second-order valence-corrected chi connectivity index (χ2v) is 14.0. The summed E-state index contributed by atoms with van der Waals surface area (Å²) in [5.41, 5.74) is 7.70. The van der Waals surface area contributed by atoms with Crippen molar-refractivity contribution in [2.45, 2.75) is 78.6 Å². The van der Waals surface area contributed by atoms with Crippen LogP contribution < -0.4 is 10.2 Å². The summed E-state index contributed by atoms with van der Waals surface area (Å²) in [6.45, 7) is 14.2. The maximum atomic E-state index is 12.3. The number of carbonyl (C=O) groups excluding carboxylic acids is 1. The molecule has 1 amide bonds. The molecule has 0 aliphatic carbocycles. The summed E-state index contributed by atoms with van der Waals surface area (Å²) in [5, 5.41) is 11.5. The fourth-order valence-electron chi connectivity index (χ4n) is 6.63. The third-order valence-corrected chi connectivity index (χ3v) is 9.92. The number of likely N-dealkylation sites (N-methyl/N-ethyl adjacent to an activating group) is 1. The molecule has 2 aromatic carbocycles. The summed E-state index contributed by atoms with van der Waals surface area (Å²) in [7, 11) is -2.60. The van der Waals surface area contributed by atoms with Crippen LogP contribution in [0.5, 0.6) is 0 Å². The molecule has 9 nitrogen and oxygen atoms in total. The number of unbranched alkanes of at least 4 members (excludes halogenated alkanes) is 2. The van der Waals surface area contributed by atoms with E-state index < -0.39 is 8.25 Å². The Balaban J connectivity index is 0.00000417. The number of aliphatic hydroxyl groups excluding tert-OH is 1. The molecule has 2 aliphatic heterocycles. The normalized spacial score (nSPS) is 17.1. The summed E-state index contributed by atoms with van der Waals surface area (Å²) in [6, 6.07) is 17.4. The van der Waals surface area contributed by atoms with Crippen LogP contribution in [0, 0.1) is 0 Å². The van der Waals surface area contributed by atoms with Crippen LogP contribution in [0.4, 0.5) is 11.4 Å². The Morgan fingerprint density at radius 1 is 0.939 bits per heavy atom. The minimum absolute atomic E-state index is 0. The van der Waals surface area contributed by atoms with E-state index in [0.717, 1.165) is 32.4 Å². The van der Waals surface area contributed by atoms with Crippen molar-refractivity contribution in [1.29, 1.82) is 0 Å². The number of nitrogens with one attached hydrogen (secondary N) is 1. The standard InChI is InChI=1S/C37H52N3O6P.CH4.Y/c1-6-39-31-17-11-9-15-29(31)36(2,3)33(39)19-14-20-34-37(4,5)30-16-10-12-18-32(30)40(34)23-13-7-8-21-35(42)38-22-25-44-27-28-46-47(43)45-26-24-41;;/h9-12,14-20,41,47H,6-8,13,21-28H2,1-5H3;1H4;/p+1. The molecule has 267 valence electrons. The zero-order chi connectivity index (χ0) is 33.9. The van der Waals surface area contributed by atoms with Crippen LogP contribution in [0.3, 0.4) is 0 Å². The molecule has 0 spiro atoms. The number of hydrogen-bond donors (Lipinski definition) is 2. The van der Waals surface area contributed by atoms with Gasteiger partial charge in [-0.2, -0.15) is 4.58 Å². The van der Waals surface area contributed by atoms with E-state index >= 15 is 0 Å². The van der Waals surface area contributed by atoms with Crippen LogP contribution in [0.15, 0.2) is 72.5 Å². The number of amides is 1. The molecule has 0 bridgehead atoms. The number of ether oxygens (including phenoxy) is 1. The molecule has 11 heteroatoms. The fourth-order valence-corrected chi connectivity index (χ4v) is 7.23. The number of hydrogen-bond acceptors (Lipinski definition) is 7. The number of rotatable bonds is 19. The van der Waals surface area contributed by atoms with Crippen molar-refractivity contribution in [3.05, 3.63) is 83.6 Å². The second-order valence-electron chi connectivity index (χ2n) is 12.9. The Morgan fingerprint density at radius 3 is 2.37 bits per heavy atom. The molecule has 4 rings (SSSR count). The molecule has 0 saturated carbocycles. The zero-order valence-electron chi connectivity index (χ0n) is 29.3. The molecule has 2 aromatic rings. The first-order valence-corrected chi connectivity index (χ1v) is 18.1. The quantitative estimate of drug-likeness (QED) is 0.0897. The van der Waals surface area contributed by atoms with Crippen molar-refractivity contribution in [2.75, 3.05) is 57.6 Å². The van der Waals surface area contributed by atoms with Gasteiger partial charge in [0.2, 0.25) is 11.6 Å². The molecular weight excluding hydrogens is 714 g/mol. The number of fused-ring (bicyclic) bond motifs is 2. The molecule has 49 heavy (non-hydrogen) atoms. The van der Waals surface area contributed by atoms with Crippen molar-refractivity contribution in [3.8, 4) is 0 Å². The predicted molar refractivity (Wildman–Crippen MR) is 196 cm³/mol. The fraction of sp³-hybridized carbons (Fsp3) is 0.526. The first-order chi connectivity index (χ1) is 22.6. The van der Waals surface area contributed by atoms with Crippen molar-refractivity contribution in [3.63, 3.8) is 0 Å². The van der Waals surface area contributed by atoms with Gasteiger partial charge in [-0.3, -0.25) is 9.36 Å². The van der Waals surface area contributed by atoms with Gasteiger partial charge in [0.25, 0.3) is 0 Å². The Morgan fingerprint density at radius 2 is 1.63 bits per heavy atom. The molecule has 1 radical (unpaired) electrons. The number of carbonyl (C=O) groups is 1. The van der Waals surface area contributed by atoms with Crippen LogP contribution in [-0.4, -0.2) is 74.0 Å². The number of anilines is 1. The van der Waals surface area contributed by atoms with Gasteiger partial charge >= 0.3 is 8.25 Å². The third-order valence-electron chi connectivity index (χ3n) is 9.04. The minimum Gasteiger partial charge on any atom is -0.394 e. The average Bonchev–Trinajstić information content (AvgIpc) is 3.41. The van der Waals surface area contributed by atoms with Gasteiger partial charge in [0.1, 0.15) is 6.54 Å². The van der Waals surface area contributed by atoms with E-state index in [1.807, 2.05) is 0 Å². The van der Waals surface area contributed by atoms with Crippen LogP contribution in [0.2, 0.25) is 0 Å². The van der Waals surface area contributed by atoms with E-state index in [0.29, 0.717) is 19.6 Å². The molecule has 2 heterocycles. The average molecular weight is 772 g/mol. The Hall–Kier alpha value is -1.97. The Kier molecular flexibility index (Phi) is 18.3. The van der Waals surface area contributed by atoms with Gasteiger partial charge in [0, 0.05) is 93.1 Å². The van der Waals surface area contributed by atoms with Gasteiger partial charge in [-0.25, -0.2) is 0 Å². The number of benzene rings is 2. The van der Waals surface area contributed by atoms with Crippen LogP contribution >= 0.6 is 8.25 Å². The summed E-state index contributed by atoms with van der Waals surface area (Å²) in [4.78, 5) is 14.8. The van der Waals surface area contributed by atoms with E-state index in [2.05, 4.69) is 116 Å². The van der Waals surface area contributed by atoms with Crippen LogP contribution in [0.25, 0.3) is 0 Å². The SMILES string of the molecule is C.CCN1C(=CC=CC2=[N+](CCCCCC(=O)NCCOCCO[PH](=O)OCCO)c3ccccc3C2(C)C)C(C)(C)c2ccccc21.[Y]. The summed E-state index contributed by atoms with van der Waals surface area (Å²) in [6.07, 6.45) is 10.1. The Bertz CT molecular complexity index is 1490. The van der Waals surface area contributed by atoms with E-state index in [4.69, 9.17) is 18.9 Å². The summed E-state index contributed by atoms with van der Waals surface area (Å²) in [5.74, 6) is 0.0151. The van der Waals surface area contributed by atoms with E-state index in [1.165, 1.54) is 33.9 Å². The van der Waals surface area contributed by atoms with Gasteiger partial charge in [-0.15, -0.1) is 0 Å². The number of para-hydroxylation sites is 2. The van der Waals surface area contributed by atoms with E-state index in [1.54, 1.807) is 0 Å². The molecule has 1 atom stereocenters. The van der Waals surface area contributed by atoms with Gasteiger partial charge in [0.05, 0.1) is 38.4 Å². The summed E-state index contributed by atoms with van der Waals surface area (Å²) >= 11 is 0. The maximum Gasteiger partial charge on any atom is 0.319 e. The van der Waals surface area contributed by atoms with E-state index in [-0.39, 0.29) is 83.3 Å². The summed E-state index contributed by atoms with van der Waals surface area (Å²) < 4.78 is 29.0. The molecule has 2 N–H and O–H groups in total.